The minimum absolute atomic E-state index is 0.182. The third-order valence-corrected chi connectivity index (χ3v) is 4.51. The molecule has 3 N–H and O–H groups in total. The molecule has 0 aliphatic carbocycles. The third-order valence-electron chi connectivity index (χ3n) is 4.51. The first kappa shape index (κ1) is 20.1. The highest BCUT2D eigenvalue weighted by molar-refractivity contribution is 6.04. The molecular formula is C21H24N6O2. The number of amides is 3. The second-order valence-electron chi connectivity index (χ2n) is 6.81. The maximum Gasteiger partial charge on any atom is 0.315 e. The Hall–Kier alpha value is -3.68. The highest BCUT2D eigenvalue weighted by Gasteiger charge is 2.16. The number of urea groups is 1. The predicted octanol–water partition coefficient (Wildman–Crippen LogP) is 3.19. The SMILES string of the molecule is C[C@@H](NC(=O)N[C@H](C)c1nncn1C)c1cccc(NC(=O)c2ccccc2)c1. The second kappa shape index (κ2) is 9.01. The van der Waals surface area contributed by atoms with Crippen LogP contribution in [0.5, 0.6) is 0 Å². The fourth-order valence-corrected chi connectivity index (χ4v) is 2.95. The Morgan fingerprint density at radius 2 is 1.69 bits per heavy atom. The maximum atomic E-state index is 12.3. The molecule has 8 nitrogen and oxygen atoms in total. The van der Waals surface area contributed by atoms with E-state index in [0.717, 1.165) is 5.56 Å². The highest BCUT2D eigenvalue weighted by Crippen LogP contribution is 2.18. The summed E-state index contributed by atoms with van der Waals surface area (Å²) in [5, 5.41) is 16.4. The van der Waals surface area contributed by atoms with E-state index in [9.17, 15) is 9.59 Å². The number of benzene rings is 2. The fourth-order valence-electron chi connectivity index (χ4n) is 2.95. The van der Waals surface area contributed by atoms with Gasteiger partial charge in [-0.25, -0.2) is 4.79 Å². The molecule has 0 aliphatic rings. The summed E-state index contributed by atoms with van der Waals surface area (Å²) in [5.74, 6) is 0.483. The molecule has 3 rings (SSSR count). The van der Waals surface area contributed by atoms with Crippen LogP contribution in [0.2, 0.25) is 0 Å². The molecule has 1 heterocycles. The van der Waals surface area contributed by atoms with Gasteiger partial charge in [-0.05, 0) is 43.7 Å². The highest BCUT2D eigenvalue weighted by atomic mass is 16.2. The molecule has 0 saturated carbocycles. The Morgan fingerprint density at radius 3 is 2.38 bits per heavy atom. The van der Waals surface area contributed by atoms with Crippen LogP contribution in [-0.4, -0.2) is 26.7 Å². The number of aromatic nitrogens is 3. The van der Waals surface area contributed by atoms with Crippen molar-refractivity contribution in [1.82, 2.24) is 25.4 Å². The molecule has 8 heteroatoms. The average molecular weight is 392 g/mol. The van der Waals surface area contributed by atoms with Crippen molar-refractivity contribution in [3.63, 3.8) is 0 Å². The zero-order valence-corrected chi connectivity index (χ0v) is 16.6. The van der Waals surface area contributed by atoms with E-state index in [1.54, 1.807) is 23.0 Å². The third kappa shape index (κ3) is 5.19. The van der Waals surface area contributed by atoms with E-state index in [1.807, 2.05) is 63.4 Å². The molecule has 0 spiro atoms. The number of rotatable bonds is 6. The van der Waals surface area contributed by atoms with Crippen LogP contribution >= 0.6 is 0 Å². The number of aryl methyl sites for hydroxylation is 1. The summed E-state index contributed by atoms with van der Waals surface area (Å²) in [6.07, 6.45) is 1.59. The molecule has 0 fully saturated rings. The molecule has 0 radical (unpaired) electrons. The summed E-state index contributed by atoms with van der Waals surface area (Å²) in [7, 11) is 1.82. The zero-order valence-electron chi connectivity index (χ0n) is 16.6. The number of hydrogen-bond acceptors (Lipinski definition) is 4. The molecular weight excluding hydrogens is 368 g/mol. The van der Waals surface area contributed by atoms with E-state index in [0.29, 0.717) is 17.1 Å². The van der Waals surface area contributed by atoms with Crippen LogP contribution in [0, 0.1) is 0 Å². The smallest absolute Gasteiger partial charge is 0.315 e. The number of anilines is 1. The van der Waals surface area contributed by atoms with Crippen molar-refractivity contribution >= 4 is 17.6 Å². The summed E-state index contributed by atoms with van der Waals surface area (Å²) in [5.41, 5.74) is 2.12. The van der Waals surface area contributed by atoms with Gasteiger partial charge >= 0.3 is 6.03 Å². The van der Waals surface area contributed by atoms with Crippen molar-refractivity contribution in [2.24, 2.45) is 7.05 Å². The van der Waals surface area contributed by atoms with Crippen molar-refractivity contribution in [1.29, 1.82) is 0 Å². The Bertz CT molecular complexity index is 986. The van der Waals surface area contributed by atoms with Crippen LogP contribution < -0.4 is 16.0 Å². The molecule has 3 aromatic rings. The van der Waals surface area contributed by atoms with Gasteiger partial charge in [0.2, 0.25) is 0 Å². The van der Waals surface area contributed by atoms with Gasteiger partial charge < -0.3 is 20.5 Å². The van der Waals surface area contributed by atoms with Gasteiger partial charge in [0, 0.05) is 18.3 Å². The van der Waals surface area contributed by atoms with E-state index in [2.05, 4.69) is 26.1 Å². The monoisotopic (exact) mass is 392 g/mol. The van der Waals surface area contributed by atoms with Gasteiger partial charge in [0.25, 0.3) is 5.91 Å². The number of carbonyl (C=O) groups excluding carboxylic acids is 2. The average Bonchev–Trinajstić information content (AvgIpc) is 3.14. The molecule has 29 heavy (non-hydrogen) atoms. The van der Waals surface area contributed by atoms with Gasteiger partial charge in [-0.3, -0.25) is 4.79 Å². The van der Waals surface area contributed by atoms with Crippen molar-refractivity contribution in [2.75, 3.05) is 5.32 Å². The number of hydrogen-bond donors (Lipinski definition) is 3. The lowest BCUT2D eigenvalue weighted by Gasteiger charge is -2.18. The minimum Gasteiger partial charge on any atom is -0.332 e. The predicted molar refractivity (Wildman–Crippen MR) is 110 cm³/mol. The van der Waals surface area contributed by atoms with Crippen molar-refractivity contribution in [2.45, 2.75) is 25.9 Å². The molecule has 0 aliphatic heterocycles. The molecule has 150 valence electrons. The summed E-state index contributed by atoms with van der Waals surface area (Å²) in [6.45, 7) is 3.72. The molecule has 0 saturated heterocycles. The van der Waals surface area contributed by atoms with Crippen LogP contribution in [0.15, 0.2) is 60.9 Å². The number of carbonyl (C=O) groups is 2. The molecule has 0 bridgehead atoms. The van der Waals surface area contributed by atoms with Crippen molar-refractivity contribution < 1.29 is 9.59 Å². The summed E-state index contributed by atoms with van der Waals surface area (Å²) in [6, 6.07) is 15.6. The topological polar surface area (TPSA) is 101 Å². The van der Waals surface area contributed by atoms with Gasteiger partial charge in [0.15, 0.2) is 5.82 Å². The van der Waals surface area contributed by atoms with E-state index in [-0.39, 0.29) is 24.0 Å². The van der Waals surface area contributed by atoms with E-state index in [4.69, 9.17) is 0 Å². The van der Waals surface area contributed by atoms with Crippen LogP contribution in [0.25, 0.3) is 0 Å². The summed E-state index contributed by atoms with van der Waals surface area (Å²) >= 11 is 0. The van der Waals surface area contributed by atoms with E-state index in [1.165, 1.54) is 0 Å². The lowest BCUT2D eigenvalue weighted by Crippen LogP contribution is -2.39. The molecule has 1 aromatic heterocycles. The molecule has 2 aromatic carbocycles. The van der Waals surface area contributed by atoms with Crippen LogP contribution in [0.3, 0.4) is 0 Å². The van der Waals surface area contributed by atoms with Gasteiger partial charge in [0.1, 0.15) is 6.33 Å². The molecule has 3 amide bonds. The van der Waals surface area contributed by atoms with Gasteiger partial charge in [-0.2, -0.15) is 0 Å². The Kier molecular flexibility index (Phi) is 6.23. The standard InChI is InChI=1S/C21H24N6O2/c1-14(23-21(29)24-15(2)19-26-22-13-27(19)3)17-10-7-11-18(12-17)25-20(28)16-8-5-4-6-9-16/h4-15H,1-3H3,(H,25,28)(H2,23,24,29)/t14-,15-/m1/s1. The molecule has 0 unspecified atom stereocenters. The Morgan fingerprint density at radius 1 is 0.966 bits per heavy atom. The lowest BCUT2D eigenvalue weighted by molar-refractivity contribution is 0.102. The Balaban J connectivity index is 1.60. The Labute approximate surface area is 169 Å². The molecule has 2 atom stereocenters. The maximum absolute atomic E-state index is 12.3. The number of nitrogens with zero attached hydrogens (tertiary/aromatic N) is 3. The van der Waals surface area contributed by atoms with Crippen LogP contribution in [0.4, 0.5) is 10.5 Å². The van der Waals surface area contributed by atoms with Gasteiger partial charge in [-0.15, -0.1) is 10.2 Å². The quantitative estimate of drug-likeness (QED) is 0.600. The largest absolute Gasteiger partial charge is 0.332 e. The number of nitrogens with one attached hydrogen (secondary N) is 3. The first-order valence-electron chi connectivity index (χ1n) is 9.31. The van der Waals surface area contributed by atoms with Gasteiger partial charge in [-0.1, -0.05) is 30.3 Å². The van der Waals surface area contributed by atoms with E-state index < -0.39 is 0 Å². The minimum atomic E-state index is -0.313. The van der Waals surface area contributed by atoms with Crippen LogP contribution in [0.1, 0.15) is 47.7 Å². The van der Waals surface area contributed by atoms with Crippen molar-refractivity contribution in [3.8, 4) is 0 Å². The fraction of sp³-hybridized carbons (Fsp3) is 0.238. The lowest BCUT2D eigenvalue weighted by atomic mass is 10.1. The first-order chi connectivity index (χ1) is 13.9. The zero-order chi connectivity index (χ0) is 20.8. The normalized spacial score (nSPS) is 12.7. The first-order valence-corrected chi connectivity index (χ1v) is 9.31. The second-order valence-corrected chi connectivity index (χ2v) is 6.81. The summed E-state index contributed by atoms with van der Waals surface area (Å²) < 4.78 is 1.76. The van der Waals surface area contributed by atoms with Gasteiger partial charge in [0.05, 0.1) is 12.1 Å². The van der Waals surface area contributed by atoms with Crippen molar-refractivity contribution in [3.05, 3.63) is 77.9 Å². The van der Waals surface area contributed by atoms with E-state index >= 15 is 0 Å². The summed E-state index contributed by atoms with van der Waals surface area (Å²) in [4.78, 5) is 24.7. The van der Waals surface area contributed by atoms with Crippen LogP contribution in [-0.2, 0) is 7.05 Å².